The van der Waals surface area contributed by atoms with Gasteiger partial charge >= 0.3 is 0 Å². The van der Waals surface area contributed by atoms with E-state index < -0.39 is 35.6 Å². The van der Waals surface area contributed by atoms with Gasteiger partial charge in [-0.1, -0.05) is 18.2 Å². The zero-order valence-electron chi connectivity index (χ0n) is 16.3. The zero-order valence-corrected chi connectivity index (χ0v) is 16.3. The number of hydrogen-bond acceptors (Lipinski definition) is 6. The Labute approximate surface area is 169 Å². The fourth-order valence-corrected chi connectivity index (χ4v) is 4.62. The number of benzene rings is 1. The normalized spacial score (nSPS) is 26.7. The predicted molar refractivity (Wildman–Crippen MR) is 104 cm³/mol. The van der Waals surface area contributed by atoms with Crippen LogP contribution in [0.15, 0.2) is 41.0 Å². The predicted octanol–water partition coefficient (Wildman–Crippen LogP) is 2.54. The van der Waals surface area contributed by atoms with E-state index in [1.807, 2.05) is 18.2 Å². The van der Waals surface area contributed by atoms with Crippen LogP contribution in [0.4, 0.5) is 0 Å². The van der Waals surface area contributed by atoms with Gasteiger partial charge in [-0.05, 0) is 60.9 Å². The van der Waals surface area contributed by atoms with E-state index in [1.54, 1.807) is 18.4 Å². The number of ether oxygens (including phenoxy) is 1. The summed E-state index contributed by atoms with van der Waals surface area (Å²) in [5.41, 5.74) is 3.24. The van der Waals surface area contributed by atoms with Crippen molar-refractivity contribution in [1.82, 2.24) is 0 Å². The Hall–Kier alpha value is -2.28. The van der Waals surface area contributed by atoms with Crippen molar-refractivity contribution in [3.05, 3.63) is 59.0 Å². The number of hydrogen-bond donors (Lipinski definition) is 2. The third-order valence-electron chi connectivity index (χ3n) is 6.20. The Morgan fingerprint density at radius 1 is 1.10 bits per heavy atom. The van der Waals surface area contributed by atoms with Crippen molar-refractivity contribution in [2.24, 2.45) is 11.8 Å². The number of aliphatic hydroxyl groups is 2. The van der Waals surface area contributed by atoms with E-state index >= 15 is 0 Å². The molecular weight excluding hydrogens is 372 g/mol. The van der Waals surface area contributed by atoms with Crippen LogP contribution in [0.25, 0.3) is 0 Å². The van der Waals surface area contributed by atoms with Crippen molar-refractivity contribution in [1.29, 1.82) is 0 Å². The lowest BCUT2D eigenvalue weighted by atomic mass is 9.83. The molecule has 2 aliphatic carbocycles. The molecule has 2 aliphatic rings. The molecule has 0 radical (unpaired) electrons. The van der Waals surface area contributed by atoms with E-state index in [0.717, 1.165) is 36.0 Å². The number of furan rings is 1. The Morgan fingerprint density at radius 2 is 1.97 bits per heavy atom. The summed E-state index contributed by atoms with van der Waals surface area (Å²) in [6, 6.07) is 9.46. The van der Waals surface area contributed by atoms with Crippen LogP contribution in [-0.2, 0) is 33.8 Å². The highest BCUT2D eigenvalue weighted by Gasteiger charge is 2.48. The fraction of sp³-hybridized carbons (Fsp3) is 0.478. The molecule has 154 valence electrons. The minimum Gasteiger partial charge on any atom is -0.467 e. The van der Waals surface area contributed by atoms with Crippen molar-refractivity contribution in [2.45, 2.75) is 50.9 Å². The number of aryl methyl sites for hydroxylation is 1. The van der Waals surface area contributed by atoms with Crippen LogP contribution in [0, 0.1) is 11.8 Å². The average Bonchev–Trinajstić information content (AvgIpc) is 3.31. The number of carbonyl (C=O) groups is 2. The highest BCUT2D eigenvalue weighted by Crippen LogP contribution is 2.35. The Bertz CT molecular complexity index is 871. The first-order chi connectivity index (χ1) is 14.1. The van der Waals surface area contributed by atoms with E-state index in [4.69, 9.17) is 9.15 Å². The van der Waals surface area contributed by atoms with E-state index in [1.165, 1.54) is 0 Å². The third kappa shape index (κ3) is 4.06. The fourth-order valence-electron chi connectivity index (χ4n) is 4.62. The molecular formula is C23H26O6. The van der Waals surface area contributed by atoms with Gasteiger partial charge in [0.2, 0.25) is 11.6 Å². The maximum atomic E-state index is 12.5. The molecule has 2 aromatic rings. The maximum Gasteiger partial charge on any atom is 0.227 e. The molecule has 1 aromatic heterocycles. The molecule has 1 aromatic carbocycles. The first-order valence-corrected chi connectivity index (χ1v) is 10.2. The summed E-state index contributed by atoms with van der Waals surface area (Å²) in [5.74, 6) is -1.67. The second-order valence-corrected chi connectivity index (χ2v) is 7.97. The van der Waals surface area contributed by atoms with Gasteiger partial charge in [-0.2, -0.15) is 0 Å². The van der Waals surface area contributed by atoms with E-state index in [9.17, 15) is 19.8 Å². The Balaban J connectivity index is 1.44. The zero-order chi connectivity index (χ0) is 20.4. The largest absolute Gasteiger partial charge is 0.467 e. The number of fused-ring (bicyclic) bond motifs is 1. The SMILES string of the molecule is O=C1C(=O)[C@H](CCc2cccc3c2CCCC3O)[C@@H](COCc2ccco2)C1O. The lowest BCUT2D eigenvalue weighted by Crippen LogP contribution is -2.27. The molecule has 2 unspecified atom stereocenters. The number of aliphatic hydroxyl groups excluding tert-OH is 2. The molecule has 1 saturated carbocycles. The molecule has 0 spiro atoms. The molecule has 0 amide bonds. The monoisotopic (exact) mass is 398 g/mol. The smallest absolute Gasteiger partial charge is 0.227 e. The van der Waals surface area contributed by atoms with Crippen LogP contribution in [0.5, 0.6) is 0 Å². The number of Topliss-reactive ketones (excluding diaryl/α,β-unsaturated/α-hetero) is 2. The van der Waals surface area contributed by atoms with Crippen LogP contribution < -0.4 is 0 Å². The van der Waals surface area contributed by atoms with Crippen molar-refractivity contribution < 1.29 is 29.0 Å². The van der Waals surface area contributed by atoms with Gasteiger partial charge in [0.25, 0.3) is 0 Å². The molecule has 0 aliphatic heterocycles. The Morgan fingerprint density at radius 3 is 2.76 bits per heavy atom. The second-order valence-electron chi connectivity index (χ2n) is 7.97. The first kappa shape index (κ1) is 20.0. The summed E-state index contributed by atoms with van der Waals surface area (Å²) in [4.78, 5) is 24.6. The molecule has 1 fully saturated rings. The van der Waals surface area contributed by atoms with E-state index in [-0.39, 0.29) is 13.2 Å². The minimum atomic E-state index is -1.31. The van der Waals surface area contributed by atoms with Crippen molar-refractivity contribution >= 4 is 11.6 Å². The summed E-state index contributed by atoms with van der Waals surface area (Å²) in [7, 11) is 0. The topological polar surface area (TPSA) is 97.0 Å². The van der Waals surface area contributed by atoms with Gasteiger partial charge < -0.3 is 19.4 Å². The summed E-state index contributed by atoms with van der Waals surface area (Å²) < 4.78 is 10.8. The van der Waals surface area contributed by atoms with Gasteiger partial charge in [0.15, 0.2) is 0 Å². The molecule has 29 heavy (non-hydrogen) atoms. The highest BCUT2D eigenvalue weighted by molar-refractivity contribution is 6.41. The van der Waals surface area contributed by atoms with E-state index in [2.05, 4.69) is 0 Å². The van der Waals surface area contributed by atoms with Crippen LogP contribution in [0.1, 0.15) is 47.8 Å². The molecule has 0 bridgehead atoms. The van der Waals surface area contributed by atoms with Gasteiger partial charge in [-0.3, -0.25) is 9.59 Å². The maximum absolute atomic E-state index is 12.5. The summed E-state index contributed by atoms with van der Waals surface area (Å²) in [6.45, 7) is 0.352. The quantitative estimate of drug-likeness (QED) is 0.696. The summed E-state index contributed by atoms with van der Waals surface area (Å²) in [5, 5.41) is 20.5. The van der Waals surface area contributed by atoms with Gasteiger partial charge in [-0.25, -0.2) is 0 Å². The van der Waals surface area contributed by atoms with Gasteiger partial charge in [0.05, 0.1) is 19.0 Å². The summed E-state index contributed by atoms with van der Waals surface area (Å²) >= 11 is 0. The van der Waals surface area contributed by atoms with Crippen LogP contribution in [-0.4, -0.2) is 34.5 Å². The highest BCUT2D eigenvalue weighted by atomic mass is 16.5. The second kappa shape index (κ2) is 8.61. The minimum absolute atomic E-state index is 0.121. The number of ketones is 2. The molecule has 4 rings (SSSR count). The molecule has 6 nitrogen and oxygen atoms in total. The van der Waals surface area contributed by atoms with Crippen LogP contribution in [0.2, 0.25) is 0 Å². The van der Waals surface area contributed by atoms with Crippen LogP contribution in [0.3, 0.4) is 0 Å². The van der Waals surface area contributed by atoms with Gasteiger partial charge in [0, 0.05) is 11.8 Å². The lowest BCUT2D eigenvalue weighted by molar-refractivity contribution is -0.138. The molecule has 2 N–H and O–H groups in total. The number of rotatable bonds is 7. The number of carbonyl (C=O) groups excluding carboxylic acids is 2. The third-order valence-corrected chi connectivity index (χ3v) is 6.20. The lowest BCUT2D eigenvalue weighted by Gasteiger charge is -2.25. The molecule has 6 heteroatoms. The van der Waals surface area contributed by atoms with Crippen LogP contribution >= 0.6 is 0 Å². The summed E-state index contributed by atoms with van der Waals surface area (Å²) in [6.07, 6.45) is 3.54. The molecule has 4 atom stereocenters. The Kier molecular flexibility index (Phi) is 5.94. The molecule has 0 saturated heterocycles. The van der Waals surface area contributed by atoms with Crippen molar-refractivity contribution in [2.75, 3.05) is 6.61 Å². The first-order valence-electron chi connectivity index (χ1n) is 10.2. The van der Waals surface area contributed by atoms with Crippen molar-refractivity contribution in [3.63, 3.8) is 0 Å². The molecule has 1 heterocycles. The average molecular weight is 398 g/mol. The van der Waals surface area contributed by atoms with E-state index in [0.29, 0.717) is 18.6 Å². The van der Waals surface area contributed by atoms with Gasteiger partial charge in [0.1, 0.15) is 18.5 Å². The standard InChI is InChI=1S/C23H26O6/c24-20-8-2-6-16-14(4-1-7-17(16)20)9-10-18-19(22(26)23(27)21(18)25)13-28-12-15-5-3-11-29-15/h1,3-5,7,11,18-20,22,24,26H,2,6,8-10,12-13H2/t18-,19-,20?,22?/m1/s1. The van der Waals surface area contributed by atoms with Crippen molar-refractivity contribution in [3.8, 4) is 0 Å². The van der Waals surface area contributed by atoms with Gasteiger partial charge in [-0.15, -0.1) is 0 Å².